The number of nitrogens with zero attached hydrogens (tertiary/aromatic N) is 1. The quantitative estimate of drug-likeness (QED) is 0.536. The molecule has 0 atom stereocenters. The molecule has 0 N–H and O–H groups in total. The van der Waals surface area contributed by atoms with Crippen LogP contribution in [0, 0.1) is 0 Å². The molecule has 2 rings (SSSR count). The Morgan fingerprint density at radius 3 is 1.67 bits per heavy atom. The average Bonchev–Trinajstić information content (AvgIpc) is 2.46. The molecule has 0 saturated heterocycles. The minimum atomic E-state index is 1.06. The van der Waals surface area contributed by atoms with Crippen LogP contribution in [-0.2, 0) is 0 Å². The third-order valence-electron chi connectivity index (χ3n) is 2.90. The van der Waals surface area contributed by atoms with Crippen LogP contribution < -0.4 is 4.90 Å². The van der Waals surface area contributed by atoms with Gasteiger partial charge in [0.2, 0.25) is 0 Å². The highest BCUT2D eigenvalue weighted by Gasteiger charge is 2.07. The minimum absolute atomic E-state index is 1.06. The third kappa shape index (κ3) is 3.61. The fourth-order valence-corrected chi connectivity index (χ4v) is 2.38. The van der Waals surface area contributed by atoms with E-state index in [-0.39, 0.29) is 0 Å². The summed E-state index contributed by atoms with van der Waals surface area (Å²) in [6, 6.07) is 21.2. The van der Waals surface area contributed by atoms with Crippen molar-refractivity contribution in [2.24, 2.45) is 0 Å². The zero-order chi connectivity index (χ0) is 12.6. The first-order valence-electron chi connectivity index (χ1n) is 6.35. The van der Waals surface area contributed by atoms with Crippen molar-refractivity contribution >= 4 is 27.3 Å². The standard InChI is InChI=1S/C16H18BrN/c17-13-7-8-14-18(15-9-3-1-4-10-15)16-11-5-2-6-12-16/h1-6,9-12H,7-8,13-14H2. The summed E-state index contributed by atoms with van der Waals surface area (Å²) < 4.78 is 0. The molecule has 0 saturated carbocycles. The van der Waals surface area contributed by atoms with Crippen LogP contribution in [-0.4, -0.2) is 11.9 Å². The molecule has 0 unspecified atom stereocenters. The highest BCUT2D eigenvalue weighted by molar-refractivity contribution is 9.09. The first kappa shape index (κ1) is 13.2. The monoisotopic (exact) mass is 303 g/mol. The lowest BCUT2D eigenvalue weighted by Crippen LogP contribution is -2.18. The molecule has 0 bridgehead atoms. The zero-order valence-corrected chi connectivity index (χ0v) is 12.0. The van der Waals surface area contributed by atoms with Crippen LogP contribution in [0.1, 0.15) is 12.8 Å². The van der Waals surface area contributed by atoms with E-state index in [1.807, 2.05) is 0 Å². The van der Waals surface area contributed by atoms with Gasteiger partial charge in [0.1, 0.15) is 0 Å². The molecule has 0 aliphatic carbocycles. The Balaban J connectivity index is 2.18. The Bertz CT molecular complexity index is 402. The van der Waals surface area contributed by atoms with Crippen LogP contribution in [0.4, 0.5) is 11.4 Å². The summed E-state index contributed by atoms with van der Waals surface area (Å²) in [6.45, 7) is 1.06. The van der Waals surface area contributed by atoms with Crippen LogP contribution in [0.15, 0.2) is 60.7 Å². The summed E-state index contributed by atoms with van der Waals surface area (Å²) >= 11 is 3.49. The molecular weight excluding hydrogens is 286 g/mol. The van der Waals surface area contributed by atoms with Crippen molar-refractivity contribution in [2.45, 2.75) is 12.8 Å². The lowest BCUT2D eigenvalue weighted by Gasteiger charge is -2.25. The number of hydrogen-bond acceptors (Lipinski definition) is 1. The fourth-order valence-electron chi connectivity index (χ4n) is 1.99. The Labute approximate surface area is 118 Å². The first-order chi connectivity index (χ1) is 8.92. The van der Waals surface area contributed by atoms with Gasteiger partial charge in [-0.15, -0.1) is 0 Å². The van der Waals surface area contributed by atoms with Gasteiger partial charge in [0, 0.05) is 23.2 Å². The van der Waals surface area contributed by atoms with Crippen molar-refractivity contribution in [3.8, 4) is 0 Å². The number of anilines is 2. The number of benzene rings is 2. The smallest absolute Gasteiger partial charge is 0.0410 e. The van der Waals surface area contributed by atoms with Gasteiger partial charge in [0.05, 0.1) is 0 Å². The molecule has 2 aromatic rings. The summed E-state index contributed by atoms with van der Waals surface area (Å²) in [7, 11) is 0. The Hall–Kier alpha value is -1.28. The van der Waals surface area contributed by atoms with Gasteiger partial charge in [-0.3, -0.25) is 0 Å². The van der Waals surface area contributed by atoms with Crippen molar-refractivity contribution in [3.05, 3.63) is 60.7 Å². The number of rotatable bonds is 6. The van der Waals surface area contributed by atoms with E-state index in [2.05, 4.69) is 81.5 Å². The summed E-state index contributed by atoms with van der Waals surface area (Å²) in [5.41, 5.74) is 2.52. The molecule has 0 amide bonds. The molecule has 0 aliphatic heterocycles. The van der Waals surface area contributed by atoms with E-state index in [1.54, 1.807) is 0 Å². The van der Waals surface area contributed by atoms with Gasteiger partial charge in [-0.05, 0) is 37.1 Å². The molecule has 94 valence electrons. The average molecular weight is 304 g/mol. The number of para-hydroxylation sites is 2. The maximum Gasteiger partial charge on any atom is 0.0410 e. The lowest BCUT2D eigenvalue weighted by atomic mass is 10.2. The second-order valence-corrected chi connectivity index (χ2v) is 5.01. The summed E-state index contributed by atoms with van der Waals surface area (Å²) in [4.78, 5) is 2.38. The normalized spacial score (nSPS) is 10.3. The molecule has 0 radical (unpaired) electrons. The molecule has 0 aliphatic rings. The van der Waals surface area contributed by atoms with Crippen molar-refractivity contribution in [2.75, 3.05) is 16.8 Å². The molecule has 18 heavy (non-hydrogen) atoms. The topological polar surface area (TPSA) is 3.24 Å². The SMILES string of the molecule is BrCCCCN(c1ccccc1)c1ccccc1. The number of unbranched alkanes of at least 4 members (excludes halogenated alkanes) is 1. The Morgan fingerprint density at radius 2 is 1.22 bits per heavy atom. The van der Waals surface area contributed by atoms with Crippen molar-refractivity contribution in [3.63, 3.8) is 0 Å². The number of halogens is 1. The van der Waals surface area contributed by atoms with Crippen LogP contribution >= 0.6 is 15.9 Å². The van der Waals surface area contributed by atoms with Gasteiger partial charge in [-0.25, -0.2) is 0 Å². The van der Waals surface area contributed by atoms with E-state index in [0.29, 0.717) is 0 Å². The number of alkyl halides is 1. The summed E-state index contributed by atoms with van der Waals surface area (Å²) in [5, 5.41) is 1.07. The molecule has 0 spiro atoms. The van der Waals surface area contributed by atoms with Gasteiger partial charge in [0.25, 0.3) is 0 Å². The highest BCUT2D eigenvalue weighted by Crippen LogP contribution is 2.25. The summed E-state index contributed by atoms with van der Waals surface area (Å²) in [5.74, 6) is 0. The first-order valence-corrected chi connectivity index (χ1v) is 7.47. The van der Waals surface area contributed by atoms with E-state index in [0.717, 1.165) is 11.9 Å². The molecular formula is C16H18BrN. The van der Waals surface area contributed by atoms with Crippen molar-refractivity contribution < 1.29 is 0 Å². The van der Waals surface area contributed by atoms with Gasteiger partial charge in [0.15, 0.2) is 0 Å². The molecule has 2 heteroatoms. The predicted molar refractivity (Wildman–Crippen MR) is 82.9 cm³/mol. The largest absolute Gasteiger partial charge is 0.341 e. The fraction of sp³-hybridized carbons (Fsp3) is 0.250. The van der Waals surface area contributed by atoms with Crippen LogP contribution in [0.25, 0.3) is 0 Å². The Kier molecular flexibility index (Phi) is 5.28. The van der Waals surface area contributed by atoms with E-state index in [9.17, 15) is 0 Å². The second kappa shape index (κ2) is 7.22. The van der Waals surface area contributed by atoms with Crippen LogP contribution in [0.5, 0.6) is 0 Å². The van der Waals surface area contributed by atoms with Crippen molar-refractivity contribution in [1.82, 2.24) is 0 Å². The molecule has 0 aromatic heterocycles. The Morgan fingerprint density at radius 1 is 0.722 bits per heavy atom. The van der Waals surface area contributed by atoms with Gasteiger partial charge >= 0.3 is 0 Å². The van der Waals surface area contributed by atoms with E-state index in [4.69, 9.17) is 0 Å². The molecule has 0 fully saturated rings. The zero-order valence-electron chi connectivity index (χ0n) is 10.4. The van der Waals surface area contributed by atoms with Gasteiger partial charge in [-0.2, -0.15) is 0 Å². The van der Waals surface area contributed by atoms with E-state index < -0.39 is 0 Å². The molecule has 0 heterocycles. The molecule has 1 nitrogen and oxygen atoms in total. The maximum absolute atomic E-state index is 3.49. The highest BCUT2D eigenvalue weighted by atomic mass is 79.9. The maximum atomic E-state index is 3.49. The number of hydrogen-bond donors (Lipinski definition) is 0. The lowest BCUT2D eigenvalue weighted by molar-refractivity contribution is 0.795. The van der Waals surface area contributed by atoms with Gasteiger partial charge in [-0.1, -0.05) is 52.3 Å². The minimum Gasteiger partial charge on any atom is -0.341 e. The van der Waals surface area contributed by atoms with Gasteiger partial charge < -0.3 is 4.90 Å². The van der Waals surface area contributed by atoms with Crippen LogP contribution in [0.3, 0.4) is 0 Å². The molecule has 2 aromatic carbocycles. The second-order valence-electron chi connectivity index (χ2n) is 4.22. The van der Waals surface area contributed by atoms with E-state index in [1.165, 1.54) is 24.2 Å². The third-order valence-corrected chi connectivity index (χ3v) is 3.46. The summed E-state index contributed by atoms with van der Waals surface area (Å²) in [6.07, 6.45) is 2.39. The van der Waals surface area contributed by atoms with E-state index >= 15 is 0 Å². The van der Waals surface area contributed by atoms with Crippen molar-refractivity contribution in [1.29, 1.82) is 0 Å². The predicted octanol–water partition coefficient (Wildman–Crippen LogP) is 5.00. The van der Waals surface area contributed by atoms with Crippen LogP contribution in [0.2, 0.25) is 0 Å².